The van der Waals surface area contributed by atoms with Crippen LogP contribution in [0.4, 0.5) is 11.4 Å². The highest BCUT2D eigenvalue weighted by molar-refractivity contribution is 7.92. The summed E-state index contributed by atoms with van der Waals surface area (Å²) in [4.78, 5) is 0.0584. The van der Waals surface area contributed by atoms with Crippen molar-refractivity contribution >= 4 is 34.0 Å². The van der Waals surface area contributed by atoms with Gasteiger partial charge in [0, 0.05) is 18.0 Å². The second-order valence-electron chi connectivity index (χ2n) is 5.52. The topological polar surface area (TPSA) is 122 Å². The molecule has 0 aliphatic carbocycles. The Morgan fingerprint density at radius 1 is 1.25 bits per heavy atom. The van der Waals surface area contributed by atoms with Gasteiger partial charge in [0.25, 0.3) is 10.0 Å². The molecular weight excluding hydrogens is 331 g/mol. The van der Waals surface area contributed by atoms with Crippen LogP contribution in [0.3, 0.4) is 0 Å². The van der Waals surface area contributed by atoms with Gasteiger partial charge in [-0.05, 0) is 53.3 Å². The van der Waals surface area contributed by atoms with Crippen LogP contribution in [-0.2, 0) is 27.7 Å². The van der Waals surface area contributed by atoms with Gasteiger partial charge in [0.1, 0.15) is 0 Å². The monoisotopic (exact) mass is 348 g/mol. The molecule has 9 heteroatoms. The normalized spacial score (nSPS) is 13.8. The molecule has 5 N–H and O–H groups in total. The van der Waals surface area contributed by atoms with Gasteiger partial charge in [-0.15, -0.1) is 0 Å². The number of benzene rings is 2. The van der Waals surface area contributed by atoms with Crippen LogP contribution in [-0.4, -0.2) is 32.3 Å². The molecule has 0 fully saturated rings. The van der Waals surface area contributed by atoms with Gasteiger partial charge in [-0.3, -0.25) is 4.72 Å². The van der Waals surface area contributed by atoms with Crippen molar-refractivity contribution in [1.82, 2.24) is 0 Å². The molecule has 2 aromatic carbocycles. The van der Waals surface area contributed by atoms with Crippen molar-refractivity contribution in [1.29, 1.82) is 0 Å². The van der Waals surface area contributed by atoms with Gasteiger partial charge < -0.3 is 20.5 Å². The van der Waals surface area contributed by atoms with Crippen LogP contribution < -0.4 is 15.9 Å². The van der Waals surface area contributed by atoms with Crippen LogP contribution in [0.2, 0.25) is 0 Å². The molecule has 0 unspecified atom stereocenters. The molecule has 0 saturated heterocycles. The Balaban J connectivity index is 1.94. The molecule has 1 aliphatic rings. The zero-order chi connectivity index (χ0) is 17.3. The lowest BCUT2D eigenvalue weighted by Crippen LogP contribution is -2.28. The predicted molar refractivity (Wildman–Crippen MR) is 91.3 cm³/mol. The summed E-state index contributed by atoms with van der Waals surface area (Å²) in [5, 5.41) is 18.9. The predicted octanol–water partition coefficient (Wildman–Crippen LogP) is -0.178. The summed E-state index contributed by atoms with van der Waals surface area (Å²) in [6.07, 6.45) is 0.179. The number of nitrogens with two attached hydrogens (primary N) is 1. The number of anilines is 2. The number of aliphatic hydroxyl groups is 1. The second-order valence-corrected chi connectivity index (χ2v) is 7.17. The van der Waals surface area contributed by atoms with Gasteiger partial charge in [0.05, 0.1) is 11.5 Å². The molecule has 24 heavy (non-hydrogen) atoms. The molecule has 0 atom stereocenters. The number of fused-ring (bicyclic) bond motifs is 1. The van der Waals surface area contributed by atoms with Crippen molar-refractivity contribution in [3.8, 4) is 0 Å². The number of hydrogen-bond acceptors (Lipinski definition) is 6. The van der Waals surface area contributed by atoms with Gasteiger partial charge in [-0.1, -0.05) is 6.07 Å². The third-order valence-corrected chi connectivity index (χ3v) is 5.30. The van der Waals surface area contributed by atoms with E-state index in [1.165, 1.54) is 18.2 Å². The number of nitrogens with one attached hydrogen (secondary N) is 1. The number of aliphatic hydroxyl groups excluding tert-OH is 1. The second kappa shape index (κ2) is 6.44. The van der Waals surface area contributed by atoms with Crippen LogP contribution in [0.25, 0.3) is 0 Å². The number of sulfonamides is 1. The van der Waals surface area contributed by atoms with Crippen LogP contribution in [0.5, 0.6) is 0 Å². The zero-order valence-corrected chi connectivity index (χ0v) is 13.6. The van der Waals surface area contributed by atoms with Gasteiger partial charge >= 0.3 is 7.12 Å². The lowest BCUT2D eigenvalue weighted by Gasteiger charge is -2.13. The fraction of sp³-hybridized carbons (Fsp3) is 0.200. The van der Waals surface area contributed by atoms with E-state index in [-0.39, 0.29) is 17.9 Å². The molecule has 1 heterocycles. The third-order valence-electron chi connectivity index (χ3n) is 3.82. The molecule has 126 valence electrons. The van der Waals surface area contributed by atoms with Crippen molar-refractivity contribution in [3.63, 3.8) is 0 Å². The van der Waals surface area contributed by atoms with Gasteiger partial charge in [-0.2, -0.15) is 0 Å². The average Bonchev–Trinajstić information content (AvgIpc) is 2.88. The zero-order valence-electron chi connectivity index (χ0n) is 12.8. The first kappa shape index (κ1) is 16.8. The minimum atomic E-state index is -3.86. The highest BCUT2D eigenvalue weighted by Crippen LogP contribution is 2.23. The minimum absolute atomic E-state index is 0.0584. The Hall–Kier alpha value is -2.07. The van der Waals surface area contributed by atoms with Crippen molar-refractivity contribution in [2.75, 3.05) is 17.1 Å². The van der Waals surface area contributed by atoms with Crippen molar-refractivity contribution in [3.05, 3.63) is 47.5 Å². The Bertz CT molecular complexity index is 872. The maximum Gasteiger partial charge on any atom is 0.491 e. The maximum absolute atomic E-state index is 12.7. The van der Waals surface area contributed by atoms with Crippen LogP contribution >= 0.6 is 0 Å². The summed E-state index contributed by atoms with van der Waals surface area (Å²) < 4.78 is 32.9. The molecule has 0 bridgehead atoms. The van der Waals surface area contributed by atoms with E-state index in [4.69, 9.17) is 15.5 Å². The summed E-state index contributed by atoms with van der Waals surface area (Å²) in [5.74, 6) is 0. The van der Waals surface area contributed by atoms with Crippen molar-refractivity contribution in [2.24, 2.45) is 0 Å². The van der Waals surface area contributed by atoms with Crippen molar-refractivity contribution < 1.29 is 23.2 Å². The molecular formula is C15H17BN2O5S. The van der Waals surface area contributed by atoms with E-state index in [1.54, 1.807) is 18.2 Å². The van der Waals surface area contributed by atoms with E-state index in [2.05, 4.69) is 4.72 Å². The molecule has 7 nitrogen and oxygen atoms in total. The Morgan fingerprint density at radius 3 is 2.79 bits per heavy atom. The number of nitrogen functional groups attached to an aromatic ring is 1. The van der Waals surface area contributed by atoms with Gasteiger partial charge in [0.2, 0.25) is 0 Å². The first-order valence-corrected chi connectivity index (χ1v) is 8.83. The van der Waals surface area contributed by atoms with Crippen LogP contribution in [0.15, 0.2) is 41.3 Å². The Morgan fingerprint density at radius 2 is 2.04 bits per heavy atom. The van der Waals surface area contributed by atoms with Gasteiger partial charge in [0.15, 0.2) is 0 Å². The van der Waals surface area contributed by atoms with E-state index >= 15 is 0 Å². The lowest BCUT2D eigenvalue weighted by atomic mass is 9.79. The summed E-state index contributed by atoms with van der Waals surface area (Å²) in [7, 11) is -4.91. The molecule has 0 amide bonds. The summed E-state index contributed by atoms with van der Waals surface area (Å²) >= 11 is 0. The van der Waals surface area contributed by atoms with E-state index in [9.17, 15) is 13.4 Å². The molecule has 0 spiro atoms. The minimum Gasteiger partial charge on any atom is -0.423 e. The summed E-state index contributed by atoms with van der Waals surface area (Å²) in [5.41, 5.74) is 8.24. The third kappa shape index (κ3) is 3.24. The highest BCUT2D eigenvalue weighted by Gasteiger charge is 2.28. The van der Waals surface area contributed by atoms with Crippen LogP contribution in [0.1, 0.15) is 11.1 Å². The SMILES string of the molecule is Nc1ccc(S(=O)(=O)Nc2ccc3c(c2)B(O)OC3)c(CCO)c1. The largest absolute Gasteiger partial charge is 0.491 e. The molecule has 1 aliphatic heterocycles. The molecule has 0 aromatic heterocycles. The summed E-state index contributed by atoms with van der Waals surface area (Å²) in [6, 6.07) is 9.31. The Kier molecular flexibility index (Phi) is 4.50. The summed E-state index contributed by atoms with van der Waals surface area (Å²) in [6.45, 7) is 0.108. The molecule has 3 rings (SSSR count). The van der Waals surface area contributed by atoms with Crippen LogP contribution in [0, 0.1) is 0 Å². The maximum atomic E-state index is 12.7. The first-order valence-electron chi connectivity index (χ1n) is 7.35. The molecule has 0 radical (unpaired) electrons. The van der Waals surface area contributed by atoms with E-state index in [0.717, 1.165) is 5.56 Å². The number of hydrogen-bond donors (Lipinski definition) is 4. The number of rotatable bonds is 5. The fourth-order valence-corrected chi connectivity index (χ4v) is 3.97. The van der Waals surface area contributed by atoms with E-state index in [0.29, 0.717) is 29.0 Å². The van der Waals surface area contributed by atoms with E-state index < -0.39 is 17.1 Å². The first-order chi connectivity index (χ1) is 11.4. The highest BCUT2D eigenvalue weighted by atomic mass is 32.2. The molecule has 0 saturated carbocycles. The lowest BCUT2D eigenvalue weighted by molar-refractivity contribution is 0.275. The fourth-order valence-electron chi connectivity index (χ4n) is 2.67. The quantitative estimate of drug-likeness (QED) is 0.439. The van der Waals surface area contributed by atoms with Crippen molar-refractivity contribution in [2.45, 2.75) is 17.9 Å². The average molecular weight is 348 g/mol. The smallest absolute Gasteiger partial charge is 0.423 e. The Labute approximate surface area is 140 Å². The standard InChI is InChI=1S/C15H17BN2O5S/c17-12-2-4-15(10(7-12)5-6-19)24(21,22)18-13-3-1-11-9-23-16(20)14(11)8-13/h1-4,7-8,18-20H,5-6,9,17H2. The molecule has 2 aromatic rings. The van der Waals surface area contributed by atoms with E-state index in [1.807, 2.05) is 0 Å². The van der Waals surface area contributed by atoms with Gasteiger partial charge in [-0.25, -0.2) is 8.42 Å².